The molecule has 0 spiro atoms. The largest absolute Gasteiger partial charge is 0.370 e. The van der Waals surface area contributed by atoms with E-state index in [2.05, 4.69) is 24.4 Å². The number of hydrogen-bond acceptors (Lipinski definition) is 2. The summed E-state index contributed by atoms with van der Waals surface area (Å²) in [7, 11) is 0. The molecule has 0 radical (unpaired) electrons. The van der Waals surface area contributed by atoms with Crippen LogP contribution in [0.1, 0.15) is 57.4 Å². The minimum Gasteiger partial charge on any atom is -0.370 e. The molecule has 4 nitrogen and oxygen atoms in total. The van der Waals surface area contributed by atoms with Gasteiger partial charge >= 0.3 is 0 Å². The molecule has 0 aliphatic rings. The Morgan fingerprint density at radius 1 is 1.00 bits per heavy atom. The van der Waals surface area contributed by atoms with Crippen molar-refractivity contribution in [1.82, 2.24) is 0 Å². The van der Waals surface area contributed by atoms with E-state index in [0.29, 0.717) is 12.8 Å². The highest BCUT2D eigenvalue weighted by molar-refractivity contribution is 5.90. The third-order valence-electron chi connectivity index (χ3n) is 3.35. The smallest absolute Gasteiger partial charge is 0.224 e. The van der Waals surface area contributed by atoms with E-state index in [-0.39, 0.29) is 11.8 Å². The summed E-state index contributed by atoms with van der Waals surface area (Å²) in [4.78, 5) is 22.3. The van der Waals surface area contributed by atoms with Gasteiger partial charge in [0.15, 0.2) is 0 Å². The highest BCUT2D eigenvalue weighted by atomic mass is 16.1. The van der Waals surface area contributed by atoms with E-state index < -0.39 is 0 Å². The van der Waals surface area contributed by atoms with Crippen molar-refractivity contribution in [1.29, 1.82) is 0 Å². The first kappa shape index (κ1) is 17.2. The van der Waals surface area contributed by atoms with Crippen LogP contribution in [0.5, 0.6) is 0 Å². The summed E-state index contributed by atoms with van der Waals surface area (Å²) in [5, 5.41) is 2.91. The number of primary amides is 1. The second kappa shape index (κ2) is 9.97. The zero-order chi connectivity index (χ0) is 15.5. The molecular formula is C17H26N2O2. The molecule has 0 atom stereocenters. The number of nitrogens with two attached hydrogens (primary N) is 1. The molecule has 0 fully saturated rings. The number of rotatable bonds is 10. The van der Waals surface area contributed by atoms with Crippen molar-refractivity contribution in [2.45, 2.75) is 58.3 Å². The first-order valence-corrected chi connectivity index (χ1v) is 7.79. The quantitative estimate of drug-likeness (QED) is 0.648. The zero-order valence-electron chi connectivity index (χ0n) is 12.9. The predicted molar refractivity (Wildman–Crippen MR) is 86.0 cm³/mol. The van der Waals surface area contributed by atoms with Crippen molar-refractivity contribution in [3.63, 3.8) is 0 Å². The number of aryl methyl sites for hydroxylation is 1. The van der Waals surface area contributed by atoms with Crippen molar-refractivity contribution in [3.8, 4) is 0 Å². The first-order valence-electron chi connectivity index (χ1n) is 7.79. The lowest BCUT2D eigenvalue weighted by Gasteiger charge is -2.06. The number of carbonyl (C=O) groups excluding carboxylic acids is 2. The molecule has 3 N–H and O–H groups in total. The fourth-order valence-corrected chi connectivity index (χ4v) is 2.21. The molecule has 0 saturated heterocycles. The Morgan fingerprint density at radius 3 is 2.19 bits per heavy atom. The first-order chi connectivity index (χ1) is 10.1. The summed E-state index contributed by atoms with van der Waals surface area (Å²) in [6.07, 6.45) is 6.72. The van der Waals surface area contributed by atoms with Gasteiger partial charge in [0.1, 0.15) is 0 Å². The Morgan fingerprint density at radius 2 is 1.62 bits per heavy atom. The maximum Gasteiger partial charge on any atom is 0.224 e. The highest BCUT2D eigenvalue weighted by Crippen LogP contribution is 2.12. The molecule has 0 saturated carbocycles. The van der Waals surface area contributed by atoms with Gasteiger partial charge in [-0.25, -0.2) is 0 Å². The minimum atomic E-state index is -0.251. The second-order valence-corrected chi connectivity index (χ2v) is 5.38. The molecule has 1 rings (SSSR count). The SMILES string of the molecule is CCCc1ccc(NC(=O)CCCCCCC(N)=O)cc1. The topological polar surface area (TPSA) is 72.2 Å². The predicted octanol–water partition coefficient (Wildman–Crippen LogP) is 3.40. The lowest BCUT2D eigenvalue weighted by Crippen LogP contribution is -2.11. The Bertz CT molecular complexity index is 441. The standard InChI is InChI=1S/C17H26N2O2/c1-2-7-14-10-12-15(13-11-14)19-17(21)9-6-4-3-5-8-16(18)20/h10-13H,2-9H2,1H3,(H2,18,20)(H,19,21). The molecule has 21 heavy (non-hydrogen) atoms. The molecule has 0 bridgehead atoms. The lowest BCUT2D eigenvalue weighted by atomic mass is 10.1. The fourth-order valence-electron chi connectivity index (χ4n) is 2.21. The molecule has 0 aromatic heterocycles. The van der Waals surface area contributed by atoms with E-state index in [9.17, 15) is 9.59 Å². The van der Waals surface area contributed by atoms with Gasteiger partial charge < -0.3 is 11.1 Å². The number of anilines is 1. The summed E-state index contributed by atoms with van der Waals surface area (Å²) < 4.78 is 0. The average molecular weight is 290 g/mol. The van der Waals surface area contributed by atoms with E-state index in [4.69, 9.17) is 5.73 Å². The third-order valence-corrected chi connectivity index (χ3v) is 3.35. The van der Waals surface area contributed by atoms with Crippen LogP contribution < -0.4 is 11.1 Å². The van der Waals surface area contributed by atoms with Crippen LogP contribution in [0.2, 0.25) is 0 Å². The Kier molecular flexibility index (Phi) is 8.17. The average Bonchev–Trinajstić information content (AvgIpc) is 2.45. The van der Waals surface area contributed by atoms with E-state index in [0.717, 1.165) is 44.2 Å². The van der Waals surface area contributed by atoms with Gasteiger partial charge in [0.05, 0.1) is 0 Å². The molecule has 116 valence electrons. The van der Waals surface area contributed by atoms with Crippen LogP contribution in [0.3, 0.4) is 0 Å². The van der Waals surface area contributed by atoms with Crippen molar-refractivity contribution in [2.75, 3.05) is 5.32 Å². The number of benzene rings is 1. The van der Waals surface area contributed by atoms with Crippen LogP contribution in [-0.2, 0) is 16.0 Å². The van der Waals surface area contributed by atoms with Crippen LogP contribution in [0.25, 0.3) is 0 Å². The van der Waals surface area contributed by atoms with Gasteiger partial charge in [-0.3, -0.25) is 9.59 Å². The minimum absolute atomic E-state index is 0.0492. The van der Waals surface area contributed by atoms with Crippen LogP contribution in [0.4, 0.5) is 5.69 Å². The lowest BCUT2D eigenvalue weighted by molar-refractivity contribution is -0.118. The summed E-state index contributed by atoms with van der Waals surface area (Å²) >= 11 is 0. The molecule has 0 aliphatic heterocycles. The third kappa shape index (κ3) is 8.12. The fraction of sp³-hybridized carbons (Fsp3) is 0.529. The number of carbonyl (C=O) groups is 2. The summed E-state index contributed by atoms with van der Waals surface area (Å²) in [6, 6.07) is 8.03. The van der Waals surface area contributed by atoms with Gasteiger partial charge in [-0.05, 0) is 37.0 Å². The molecular weight excluding hydrogens is 264 g/mol. The molecule has 1 aromatic rings. The van der Waals surface area contributed by atoms with E-state index in [1.807, 2.05) is 12.1 Å². The van der Waals surface area contributed by atoms with Gasteiger partial charge in [-0.1, -0.05) is 38.3 Å². The van der Waals surface area contributed by atoms with E-state index >= 15 is 0 Å². The van der Waals surface area contributed by atoms with Crippen molar-refractivity contribution < 1.29 is 9.59 Å². The number of hydrogen-bond donors (Lipinski definition) is 2. The summed E-state index contributed by atoms with van der Waals surface area (Å²) in [5.74, 6) is -0.201. The zero-order valence-corrected chi connectivity index (χ0v) is 12.9. The van der Waals surface area contributed by atoms with Gasteiger partial charge in [0, 0.05) is 18.5 Å². The number of unbranched alkanes of at least 4 members (excludes halogenated alkanes) is 3. The van der Waals surface area contributed by atoms with Gasteiger partial charge in [0.2, 0.25) is 11.8 Å². The highest BCUT2D eigenvalue weighted by Gasteiger charge is 2.03. The van der Waals surface area contributed by atoms with Gasteiger partial charge in [0.25, 0.3) is 0 Å². The van der Waals surface area contributed by atoms with Crippen molar-refractivity contribution >= 4 is 17.5 Å². The van der Waals surface area contributed by atoms with Crippen LogP contribution in [0, 0.1) is 0 Å². The molecule has 0 unspecified atom stereocenters. The maximum absolute atomic E-state index is 11.8. The van der Waals surface area contributed by atoms with E-state index in [1.165, 1.54) is 5.56 Å². The normalized spacial score (nSPS) is 10.3. The molecule has 0 heterocycles. The monoisotopic (exact) mass is 290 g/mol. The molecule has 4 heteroatoms. The number of amides is 2. The van der Waals surface area contributed by atoms with E-state index in [1.54, 1.807) is 0 Å². The molecule has 1 aromatic carbocycles. The Hall–Kier alpha value is -1.84. The Labute approximate surface area is 127 Å². The second-order valence-electron chi connectivity index (χ2n) is 5.38. The van der Waals surface area contributed by atoms with Crippen molar-refractivity contribution in [2.24, 2.45) is 5.73 Å². The van der Waals surface area contributed by atoms with Gasteiger partial charge in [-0.15, -0.1) is 0 Å². The molecule has 2 amide bonds. The molecule has 0 aliphatic carbocycles. The Balaban J connectivity index is 2.16. The maximum atomic E-state index is 11.8. The van der Waals surface area contributed by atoms with Gasteiger partial charge in [-0.2, -0.15) is 0 Å². The van der Waals surface area contributed by atoms with Crippen LogP contribution in [0.15, 0.2) is 24.3 Å². The number of nitrogens with one attached hydrogen (secondary N) is 1. The summed E-state index contributed by atoms with van der Waals surface area (Å²) in [6.45, 7) is 2.15. The summed E-state index contributed by atoms with van der Waals surface area (Å²) in [5.41, 5.74) is 7.22. The van der Waals surface area contributed by atoms with Crippen LogP contribution in [-0.4, -0.2) is 11.8 Å². The van der Waals surface area contributed by atoms with Crippen molar-refractivity contribution in [3.05, 3.63) is 29.8 Å². The van der Waals surface area contributed by atoms with Crippen LogP contribution >= 0.6 is 0 Å².